The normalized spacial score (nSPS) is 17.6. The van der Waals surface area contributed by atoms with E-state index >= 15 is 0 Å². The number of imide groups is 1. The van der Waals surface area contributed by atoms with Crippen molar-refractivity contribution in [1.29, 1.82) is 0 Å². The molecule has 1 fully saturated rings. The molecule has 1 aliphatic rings. The maximum atomic E-state index is 11.7. The van der Waals surface area contributed by atoms with Crippen molar-refractivity contribution >= 4 is 23.7 Å². The molecular formula is C9H13N3O5. The molecule has 4 N–H and O–H groups in total. The summed E-state index contributed by atoms with van der Waals surface area (Å²) < 4.78 is 0. The van der Waals surface area contributed by atoms with E-state index in [1.54, 1.807) is 0 Å². The Hall–Kier alpha value is -1.96. The average Bonchev–Trinajstić information content (AvgIpc) is 2.23. The highest BCUT2D eigenvalue weighted by Gasteiger charge is 2.29. The predicted octanol–water partition coefficient (Wildman–Crippen LogP) is -2.34. The highest BCUT2D eigenvalue weighted by atomic mass is 16.4. The minimum absolute atomic E-state index is 0.0273. The number of piperazine rings is 1. The number of carboxylic acid groups (broad SMARTS) is 1. The Kier molecular flexibility index (Phi) is 4.16. The van der Waals surface area contributed by atoms with Gasteiger partial charge in [-0.25, -0.2) is 0 Å². The van der Waals surface area contributed by atoms with Crippen molar-refractivity contribution in [2.24, 2.45) is 5.73 Å². The number of carbonyl (C=O) groups is 4. The van der Waals surface area contributed by atoms with Crippen LogP contribution in [0.3, 0.4) is 0 Å². The summed E-state index contributed by atoms with van der Waals surface area (Å²) in [5.41, 5.74) is 5.49. The summed E-state index contributed by atoms with van der Waals surface area (Å²) in [7, 11) is 0. The maximum Gasteiger partial charge on any atom is 0.303 e. The number of amides is 3. The number of aliphatic carboxylic acids is 1. The van der Waals surface area contributed by atoms with Gasteiger partial charge in [0.05, 0.1) is 6.04 Å². The van der Waals surface area contributed by atoms with Crippen LogP contribution in [0.1, 0.15) is 12.8 Å². The molecule has 94 valence electrons. The first-order chi connectivity index (χ1) is 7.90. The molecule has 0 aromatic carbocycles. The van der Waals surface area contributed by atoms with Gasteiger partial charge < -0.3 is 15.7 Å². The van der Waals surface area contributed by atoms with Crippen LogP contribution in [0.5, 0.6) is 0 Å². The fourth-order valence-electron chi connectivity index (χ4n) is 1.43. The van der Waals surface area contributed by atoms with Crippen molar-refractivity contribution in [3.63, 3.8) is 0 Å². The number of hydrogen-bond donors (Lipinski definition) is 3. The van der Waals surface area contributed by atoms with Gasteiger partial charge in [-0.1, -0.05) is 0 Å². The second-order valence-electron chi connectivity index (χ2n) is 3.70. The lowest BCUT2D eigenvalue weighted by Gasteiger charge is -2.27. The van der Waals surface area contributed by atoms with Crippen LogP contribution >= 0.6 is 0 Å². The first-order valence-electron chi connectivity index (χ1n) is 4.99. The molecule has 1 unspecified atom stereocenters. The van der Waals surface area contributed by atoms with Crippen LogP contribution in [-0.4, -0.2) is 52.8 Å². The lowest BCUT2D eigenvalue weighted by Crippen LogP contribution is -2.56. The molecule has 17 heavy (non-hydrogen) atoms. The van der Waals surface area contributed by atoms with E-state index in [-0.39, 0.29) is 25.9 Å². The van der Waals surface area contributed by atoms with Crippen molar-refractivity contribution in [1.82, 2.24) is 10.2 Å². The number of nitrogens with one attached hydrogen (secondary N) is 1. The van der Waals surface area contributed by atoms with Crippen molar-refractivity contribution in [3.8, 4) is 0 Å². The van der Waals surface area contributed by atoms with E-state index in [0.717, 1.165) is 4.90 Å². The monoisotopic (exact) mass is 243 g/mol. The van der Waals surface area contributed by atoms with Gasteiger partial charge in [-0.15, -0.1) is 0 Å². The third kappa shape index (κ3) is 3.83. The van der Waals surface area contributed by atoms with Crippen LogP contribution in [-0.2, 0) is 19.2 Å². The summed E-state index contributed by atoms with van der Waals surface area (Å²) in [4.78, 5) is 45.0. The van der Waals surface area contributed by atoms with E-state index in [1.807, 2.05) is 5.32 Å². The minimum atomic E-state index is -1.05. The van der Waals surface area contributed by atoms with Gasteiger partial charge >= 0.3 is 5.97 Å². The molecule has 8 nitrogen and oxygen atoms in total. The number of rotatable bonds is 4. The Morgan fingerprint density at radius 2 is 1.88 bits per heavy atom. The van der Waals surface area contributed by atoms with E-state index in [9.17, 15) is 19.2 Å². The molecule has 1 aliphatic heterocycles. The molecule has 0 aromatic heterocycles. The second-order valence-corrected chi connectivity index (χ2v) is 3.70. The summed E-state index contributed by atoms with van der Waals surface area (Å²) in [6, 6.07) is -1.01. The molecule has 0 saturated carbocycles. The van der Waals surface area contributed by atoms with Gasteiger partial charge in [-0.2, -0.15) is 0 Å². The SMILES string of the molecule is NC(CCC(=O)O)C(=O)N1CC(=O)NC(=O)C1. The second kappa shape index (κ2) is 5.39. The van der Waals surface area contributed by atoms with Crippen LogP contribution in [0.25, 0.3) is 0 Å². The molecular weight excluding hydrogens is 230 g/mol. The molecule has 1 rings (SSSR count). The number of nitrogens with zero attached hydrogens (tertiary/aromatic N) is 1. The number of carbonyl (C=O) groups excluding carboxylic acids is 3. The smallest absolute Gasteiger partial charge is 0.303 e. The van der Waals surface area contributed by atoms with Crippen LogP contribution in [0.4, 0.5) is 0 Å². The van der Waals surface area contributed by atoms with Crippen molar-refractivity contribution < 1.29 is 24.3 Å². The fraction of sp³-hybridized carbons (Fsp3) is 0.556. The highest BCUT2D eigenvalue weighted by Crippen LogP contribution is 2.03. The molecule has 1 atom stereocenters. The Morgan fingerprint density at radius 1 is 1.35 bits per heavy atom. The number of carboxylic acids is 1. The van der Waals surface area contributed by atoms with Crippen molar-refractivity contribution in [2.75, 3.05) is 13.1 Å². The molecule has 0 radical (unpaired) electrons. The first kappa shape index (κ1) is 13.1. The third-order valence-corrected chi connectivity index (χ3v) is 2.25. The van der Waals surface area contributed by atoms with Gasteiger partial charge in [0, 0.05) is 6.42 Å². The highest BCUT2D eigenvalue weighted by molar-refractivity contribution is 6.03. The first-order valence-corrected chi connectivity index (χ1v) is 4.99. The zero-order chi connectivity index (χ0) is 13.0. The van der Waals surface area contributed by atoms with Crippen LogP contribution in [0, 0.1) is 0 Å². The Labute approximate surface area is 96.7 Å². The molecule has 0 bridgehead atoms. The van der Waals surface area contributed by atoms with Gasteiger partial charge in [0.15, 0.2) is 0 Å². The Morgan fingerprint density at radius 3 is 2.35 bits per heavy atom. The lowest BCUT2D eigenvalue weighted by atomic mass is 10.1. The molecule has 0 aromatic rings. The molecule has 8 heteroatoms. The van der Waals surface area contributed by atoms with E-state index in [0.29, 0.717) is 0 Å². The standard InChI is InChI=1S/C9H13N3O5/c10-5(1-2-8(15)16)9(17)12-3-6(13)11-7(14)4-12/h5H,1-4,10H2,(H,15,16)(H,11,13,14). The van der Waals surface area contributed by atoms with Gasteiger partial charge in [-0.05, 0) is 6.42 Å². The topological polar surface area (TPSA) is 130 Å². The molecule has 0 aliphatic carbocycles. The van der Waals surface area contributed by atoms with Crippen LogP contribution in [0.15, 0.2) is 0 Å². The summed E-state index contributed by atoms with van der Waals surface area (Å²) >= 11 is 0. The number of nitrogens with two attached hydrogens (primary N) is 1. The van der Waals surface area contributed by atoms with Gasteiger partial charge in [0.1, 0.15) is 13.1 Å². The van der Waals surface area contributed by atoms with Crippen molar-refractivity contribution in [2.45, 2.75) is 18.9 Å². The Balaban J connectivity index is 2.53. The zero-order valence-corrected chi connectivity index (χ0v) is 9.01. The summed E-state index contributed by atoms with van der Waals surface area (Å²) in [6.45, 7) is -0.462. The molecule has 0 spiro atoms. The van der Waals surface area contributed by atoms with E-state index in [1.165, 1.54) is 0 Å². The van der Waals surface area contributed by atoms with Crippen LogP contribution in [0.2, 0.25) is 0 Å². The Bertz CT molecular complexity index is 352. The fourth-order valence-corrected chi connectivity index (χ4v) is 1.43. The average molecular weight is 243 g/mol. The quantitative estimate of drug-likeness (QED) is 0.474. The van der Waals surface area contributed by atoms with Crippen molar-refractivity contribution in [3.05, 3.63) is 0 Å². The van der Waals surface area contributed by atoms with Gasteiger partial charge in [0.25, 0.3) is 0 Å². The summed E-state index contributed by atoms with van der Waals surface area (Å²) in [5.74, 6) is -2.78. The minimum Gasteiger partial charge on any atom is -0.481 e. The predicted molar refractivity (Wildman–Crippen MR) is 54.6 cm³/mol. The largest absolute Gasteiger partial charge is 0.481 e. The molecule has 1 saturated heterocycles. The van der Waals surface area contributed by atoms with Gasteiger partial charge in [0.2, 0.25) is 17.7 Å². The van der Waals surface area contributed by atoms with E-state index in [4.69, 9.17) is 10.8 Å². The summed E-state index contributed by atoms with van der Waals surface area (Å²) in [6.07, 6.45) is -0.263. The zero-order valence-electron chi connectivity index (χ0n) is 9.01. The van der Waals surface area contributed by atoms with E-state index in [2.05, 4.69) is 0 Å². The molecule has 3 amide bonds. The third-order valence-electron chi connectivity index (χ3n) is 2.25. The number of hydrogen-bond acceptors (Lipinski definition) is 5. The van der Waals surface area contributed by atoms with Crippen LogP contribution < -0.4 is 11.1 Å². The van der Waals surface area contributed by atoms with Gasteiger partial charge in [-0.3, -0.25) is 24.5 Å². The summed E-state index contributed by atoms with van der Waals surface area (Å²) in [5, 5.41) is 10.5. The van der Waals surface area contributed by atoms with E-state index < -0.39 is 29.7 Å². The molecule has 1 heterocycles. The maximum absolute atomic E-state index is 11.7. The lowest BCUT2D eigenvalue weighted by molar-refractivity contribution is -0.146.